The van der Waals surface area contributed by atoms with E-state index in [1.165, 1.54) is 11.6 Å². The molecule has 2 aliphatic heterocycles. The van der Waals surface area contributed by atoms with Crippen molar-refractivity contribution < 1.29 is 23.8 Å². The molecule has 3 aromatic rings. The van der Waals surface area contributed by atoms with E-state index in [0.29, 0.717) is 30.4 Å². The Morgan fingerprint density at radius 1 is 1.00 bits per heavy atom. The Bertz CT molecular complexity index is 1200. The molecule has 2 heterocycles. The van der Waals surface area contributed by atoms with E-state index in [1.54, 1.807) is 19.2 Å². The van der Waals surface area contributed by atoms with Gasteiger partial charge in [0.25, 0.3) is 0 Å². The first-order valence-electron chi connectivity index (χ1n) is 12.9. The highest BCUT2D eigenvalue weighted by Gasteiger charge is 2.34. The van der Waals surface area contributed by atoms with Gasteiger partial charge >= 0.3 is 5.97 Å². The highest BCUT2D eigenvalue weighted by Crippen LogP contribution is 2.37. The summed E-state index contributed by atoms with van der Waals surface area (Å²) in [6.07, 6.45) is 2.59. The molecule has 3 aromatic carbocycles. The van der Waals surface area contributed by atoms with E-state index in [1.807, 2.05) is 47.4 Å². The Morgan fingerprint density at radius 2 is 1.68 bits per heavy atom. The van der Waals surface area contributed by atoms with Gasteiger partial charge in [0.15, 0.2) is 0 Å². The summed E-state index contributed by atoms with van der Waals surface area (Å²) in [4.78, 5) is 15.8. The molecule has 1 N–H and O–H groups in total. The number of nitrogens with zero attached hydrogens (tertiary/aromatic N) is 2. The second-order valence-electron chi connectivity index (χ2n) is 9.86. The minimum Gasteiger partial charge on any atom is -0.497 e. The van der Waals surface area contributed by atoms with Gasteiger partial charge in [-0.1, -0.05) is 30.3 Å². The number of methoxy groups -OCH3 is 1. The van der Waals surface area contributed by atoms with Gasteiger partial charge in [-0.25, -0.2) is 4.39 Å². The normalized spacial score (nSPS) is 19.6. The fourth-order valence-corrected chi connectivity index (χ4v) is 5.58. The molecule has 2 fully saturated rings. The van der Waals surface area contributed by atoms with Gasteiger partial charge < -0.3 is 24.4 Å². The zero-order chi connectivity index (χ0) is 25.8. The monoisotopic (exact) mass is 540 g/mol. The van der Waals surface area contributed by atoms with E-state index in [9.17, 15) is 14.3 Å². The standard InChI is InChI=1S/C30H33FN2O4.ClH/c1-36-27-11-12-28(31)29(19-27)32-15-13-26(14-16-32)37-25-9-7-23(8-10-25)33-20-22(17-24(33)18-30(34)35)21-5-3-2-4-6-21;/h2-12,19,22,24,26H,13-18,20H2,1H3,(H,34,35);1H/t22-,24+;/m0./s1. The van der Waals surface area contributed by atoms with Crippen LogP contribution in [0.15, 0.2) is 72.8 Å². The molecule has 5 rings (SSSR count). The number of halogens is 2. The Hall–Kier alpha value is -3.45. The van der Waals surface area contributed by atoms with Crippen LogP contribution in [0.3, 0.4) is 0 Å². The van der Waals surface area contributed by atoms with Crippen molar-refractivity contribution in [3.63, 3.8) is 0 Å². The maximum atomic E-state index is 14.4. The number of hydrogen-bond donors (Lipinski definition) is 1. The molecule has 8 heteroatoms. The van der Waals surface area contributed by atoms with Crippen LogP contribution in [0.2, 0.25) is 0 Å². The number of carbonyl (C=O) groups is 1. The average Bonchev–Trinajstić information content (AvgIpc) is 3.33. The second-order valence-corrected chi connectivity index (χ2v) is 9.86. The topological polar surface area (TPSA) is 62.2 Å². The first-order valence-corrected chi connectivity index (χ1v) is 12.9. The number of carboxylic acid groups (broad SMARTS) is 1. The number of rotatable bonds is 8. The molecule has 38 heavy (non-hydrogen) atoms. The fourth-order valence-electron chi connectivity index (χ4n) is 5.58. The Morgan fingerprint density at radius 3 is 2.34 bits per heavy atom. The van der Waals surface area contributed by atoms with E-state index in [0.717, 1.165) is 37.2 Å². The van der Waals surface area contributed by atoms with E-state index in [2.05, 4.69) is 17.0 Å². The first-order chi connectivity index (χ1) is 18.0. The van der Waals surface area contributed by atoms with Crippen molar-refractivity contribution in [2.75, 3.05) is 36.5 Å². The van der Waals surface area contributed by atoms with E-state index < -0.39 is 5.97 Å². The lowest BCUT2D eigenvalue weighted by molar-refractivity contribution is -0.137. The highest BCUT2D eigenvalue weighted by atomic mass is 35.5. The second kappa shape index (κ2) is 12.4. The molecule has 2 atom stereocenters. The van der Waals surface area contributed by atoms with Crippen molar-refractivity contribution in [1.82, 2.24) is 0 Å². The van der Waals surface area contributed by atoms with Gasteiger partial charge in [0.2, 0.25) is 0 Å². The predicted molar refractivity (Wildman–Crippen MR) is 150 cm³/mol. The van der Waals surface area contributed by atoms with Crippen molar-refractivity contribution in [2.45, 2.75) is 43.7 Å². The summed E-state index contributed by atoms with van der Waals surface area (Å²) in [7, 11) is 1.58. The van der Waals surface area contributed by atoms with Crippen molar-refractivity contribution >= 4 is 29.8 Å². The predicted octanol–water partition coefficient (Wildman–Crippen LogP) is 6.14. The molecular formula is C30H34ClFN2O4. The number of carboxylic acids is 1. The van der Waals surface area contributed by atoms with Crippen LogP contribution in [0, 0.1) is 5.82 Å². The van der Waals surface area contributed by atoms with Crippen molar-refractivity contribution in [3.05, 3.63) is 84.2 Å². The Balaban J connectivity index is 0.00000336. The van der Waals surface area contributed by atoms with Gasteiger partial charge in [0.05, 0.1) is 19.2 Å². The molecule has 0 aliphatic carbocycles. The lowest BCUT2D eigenvalue weighted by Crippen LogP contribution is -2.38. The molecule has 0 amide bonds. The van der Waals surface area contributed by atoms with E-state index >= 15 is 0 Å². The number of hydrogen-bond acceptors (Lipinski definition) is 5. The third-order valence-corrected chi connectivity index (χ3v) is 7.50. The minimum atomic E-state index is -0.774. The molecule has 0 spiro atoms. The van der Waals surface area contributed by atoms with Crippen LogP contribution in [-0.2, 0) is 4.79 Å². The summed E-state index contributed by atoms with van der Waals surface area (Å²) >= 11 is 0. The molecule has 0 radical (unpaired) electrons. The average molecular weight is 541 g/mol. The van der Waals surface area contributed by atoms with Crippen LogP contribution in [0.1, 0.15) is 37.2 Å². The van der Waals surface area contributed by atoms with Crippen LogP contribution < -0.4 is 19.3 Å². The summed E-state index contributed by atoms with van der Waals surface area (Å²) in [5.41, 5.74) is 2.83. The fraction of sp³-hybridized carbons (Fsp3) is 0.367. The summed E-state index contributed by atoms with van der Waals surface area (Å²) in [5.74, 6) is 0.732. The van der Waals surface area contributed by atoms with Crippen LogP contribution in [0.25, 0.3) is 0 Å². The van der Waals surface area contributed by atoms with Crippen LogP contribution in [-0.4, -0.2) is 50.0 Å². The quantitative estimate of drug-likeness (QED) is 0.370. The first kappa shape index (κ1) is 27.6. The van der Waals surface area contributed by atoms with Crippen LogP contribution >= 0.6 is 12.4 Å². The molecule has 2 aliphatic rings. The maximum Gasteiger partial charge on any atom is 0.305 e. The number of ether oxygens (including phenoxy) is 2. The molecule has 0 bridgehead atoms. The molecule has 0 saturated carbocycles. The van der Waals surface area contributed by atoms with Crippen molar-refractivity contribution in [3.8, 4) is 11.5 Å². The lowest BCUT2D eigenvalue weighted by Gasteiger charge is -2.34. The summed E-state index contributed by atoms with van der Waals surface area (Å²) in [6.45, 7) is 2.21. The molecule has 0 aromatic heterocycles. The zero-order valence-electron chi connectivity index (χ0n) is 21.5. The van der Waals surface area contributed by atoms with Crippen LogP contribution in [0.5, 0.6) is 11.5 Å². The molecule has 6 nitrogen and oxygen atoms in total. The van der Waals surface area contributed by atoms with Crippen LogP contribution in [0.4, 0.5) is 15.8 Å². The number of anilines is 2. The largest absolute Gasteiger partial charge is 0.497 e. The van der Waals surface area contributed by atoms with Gasteiger partial charge in [-0.3, -0.25) is 4.79 Å². The summed E-state index contributed by atoms with van der Waals surface area (Å²) < 4.78 is 25.9. The molecule has 202 valence electrons. The minimum absolute atomic E-state index is 0. The third kappa shape index (κ3) is 6.33. The molecule has 0 unspecified atom stereocenters. The summed E-state index contributed by atoms with van der Waals surface area (Å²) in [5, 5.41) is 9.48. The van der Waals surface area contributed by atoms with Gasteiger partial charge in [-0.2, -0.15) is 0 Å². The number of benzene rings is 3. The smallest absolute Gasteiger partial charge is 0.305 e. The molecule has 2 saturated heterocycles. The van der Waals surface area contributed by atoms with E-state index in [-0.39, 0.29) is 36.8 Å². The molecular weight excluding hydrogens is 507 g/mol. The zero-order valence-corrected chi connectivity index (χ0v) is 22.3. The Labute approximate surface area is 229 Å². The van der Waals surface area contributed by atoms with Crippen molar-refractivity contribution in [1.29, 1.82) is 0 Å². The van der Waals surface area contributed by atoms with Gasteiger partial charge in [-0.05, 0) is 48.4 Å². The SMILES string of the molecule is COc1ccc(F)c(N2CCC(Oc3ccc(N4C[C@@H](c5ccccc5)C[C@@H]4CC(=O)O)cc3)CC2)c1.Cl. The maximum absolute atomic E-state index is 14.4. The van der Waals surface area contributed by atoms with Gasteiger partial charge in [0.1, 0.15) is 23.4 Å². The lowest BCUT2D eigenvalue weighted by atomic mass is 9.95. The number of piperidine rings is 1. The van der Waals surface area contributed by atoms with E-state index in [4.69, 9.17) is 9.47 Å². The van der Waals surface area contributed by atoms with Gasteiger partial charge in [0, 0.05) is 56.2 Å². The highest BCUT2D eigenvalue weighted by molar-refractivity contribution is 5.85. The third-order valence-electron chi connectivity index (χ3n) is 7.50. The van der Waals surface area contributed by atoms with Crippen molar-refractivity contribution in [2.24, 2.45) is 0 Å². The Kier molecular flexibility index (Phi) is 9.00. The van der Waals surface area contributed by atoms with Gasteiger partial charge in [-0.15, -0.1) is 12.4 Å². The number of aliphatic carboxylic acids is 1. The summed E-state index contributed by atoms with van der Waals surface area (Å²) in [6, 6.07) is 23.1.